The molecule has 4 N–H and O–H groups in total. The number of hydrogen-bond acceptors (Lipinski definition) is 3. The van der Waals surface area contributed by atoms with E-state index in [1.165, 1.54) is 6.07 Å². The average Bonchev–Trinajstić information content (AvgIpc) is 2.31. The average molecular weight is 224 g/mol. The molecule has 1 aromatic rings. The molecule has 4 nitrogen and oxygen atoms in total. The Morgan fingerprint density at radius 2 is 2.25 bits per heavy atom. The first-order chi connectivity index (χ1) is 7.67. The molecule has 0 radical (unpaired) electrons. The van der Waals surface area contributed by atoms with Crippen molar-refractivity contribution >= 4 is 5.91 Å². The number of rotatable bonds is 5. The zero-order valence-corrected chi connectivity index (χ0v) is 8.65. The molecule has 1 rings (SSSR count). The van der Waals surface area contributed by atoms with E-state index in [4.69, 9.17) is 16.2 Å². The Morgan fingerprint density at radius 3 is 2.81 bits per heavy atom. The molecule has 1 amide bonds. The fourth-order valence-electron chi connectivity index (χ4n) is 1.05. The number of nitrogens with two attached hydrogens (primary N) is 2. The SMILES string of the molecule is NCC(=CF)COc1cccc(C(N)=O)c1. The monoisotopic (exact) mass is 224 g/mol. The Kier molecular flexibility index (Phi) is 4.47. The quantitative estimate of drug-likeness (QED) is 0.782. The lowest BCUT2D eigenvalue weighted by atomic mass is 10.2. The summed E-state index contributed by atoms with van der Waals surface area (Å²) in [6, 6.07) is 6.36. The number of carbonyl (C=O) groups excluding carboxylic acids is 1. The molecule has 0 saturated heterocycles. The molecule has 0 aromatic heterocycles. The molecule has 0 bridgehead atoms. The van der Waals surface area contributed by atoms with Gasteiger partial charge in [0.2, 0.25) is 5.91 Å². The number of amides is 1. The van der Waals surface area contributed by atoms with Crippen LogP contribution in [0.4, 0.5) is 4.39 Å². The highest BCUT2D eigenvalue weighted by atomic mass is 19.1. The normalized spacial score (nSPS) is 11.2. The van der Waals surface area contributed by atoms with Crippen molar-refractivity contribution in [3.63, 3.8) is 0 Å². The largest absolute Gasteiger partial charge is 0.489 e. The second kappa shape index (κ2) is 5.87. The fraction of sp³-hybridized carbons (Fsp3) is 0.182. The number of benzene rings is 1. The molecule has 0 heterocycles. The molecule has 0 fully saturated rings. The van der Waals surface area contributed by atoms with Gasteiger partial charge in [-0.3, -0.25) is 4.79 Å². The maximum absolute atomic E-state index is 12.2. The smallest absolute Gasteiger partial charge is 0.248 e. The van der Waals surface area contributed by atoms with E-state index >= 15 is 0 Å². The molecule has 0 saturated carbocycles. The number of primary amides is 1. The Balaban J connectivity index is 2.67. The van der Waals surface area contributed by atoms with Gasteiger partial charge in [0.25, 0.3) is 0 Å². The minimum absolute atomic E-state index is 0.0508. The first-order valence-electron chi connectivity index (χ1n) is 4.68. The Bertz CT molecular complexity index is 405. The molecule has 0 aliphatic carbocycles. The van der Waals surface area contributed by atoms with Gasteiger partial charge >= 0.3 is 0 Å². The van der Waals surface area contributed by atoms with Crippen LogP contribution in [0.15, 0.2) is 36.2 Å². The van der Waals surface area contributed by atoms with Crippen LogP contribution in [0.3, 0.4) is 0 Å². The standard InChI is InChI=1S/C11H13FN2O2/c12-5-8(6-13)7-16-10-3-1-2-9(4-10)11(14)15/h1-5H,6-7,13H2,(H2,14,15). The highest BCUT2D eigenvalue weighted by Crippen LogP contribution is 2.13. The topological polar surface area (TPSA) is 78.3 Å². The number of hydrogen-bond donors (Lipinski definition) is 2. The summed E-state index contributed by atoms with van der Waals surface area (Å²) in [6.07, 6.45) is 0.415. The second-order valence-electron chi connectivity index (χ2n) is 3.15. The van der Waals surface area contributed by atoms with E-state index in [0.29, 0.717) is 23.2 Å². The molecule has 5 heteroatoms. The molecule has 1 aromatic carbocycles. The maximum Gasteiger partial charge on any atom is 0.248 e. The first kappa shape index (κ1) is 12.2. The van der Waals surface area contributed by atoms with Crippen LogP contribution in [0.1, 0.15) is 10.4 Å². The van der Waals surface area contributed by atoms with Crippen molar-refractivity contribution in [2.45, 2.75) is 0 Å². The van der Waals surface area contributed by atoms with Crippen LogP contribution in [0.25, 0.3) is 0 Å². The lowest BCUT2D eigenvalue weighted by Gasteiger charge is -2.07. The Labute approximate surface area is 92.7 Å². The molecule has 16 heavy (non-hydrogen) atoms. The summed E-state index contributed by atoms with van der Waals surface area (Å²) in [6.45, 7) is 0.140. The van der Waals surface area contributed by atoms with E-state index in [9.17, 15) is 9.18 Å². The van der Waals surface area contributed by atoms with Crippen LogP contribution >= 0.6 is 0 Å². The lowest BCUT2D eigenvalue weighted by Crippen LogP contribution is -2.12. The summed E-state index contributed by atoms with van der Waals surface area (Å²) in [5, 5.41) is 0. The summed E-state index contributed by atoms with van der Waals surface area (Å²) in [7, 11) is 0. The van der Waals surface area contributed by atoms with Crippen molar-refractivity contribution in [2.75, 3.05) is 13.2 Å². The molecular weight excluding hydrogens is 211 g/mol. The van der Waals surface area contributed by atoms with E-state index in [2.05, 4.69) is 0 Å². The molecule has 86 valence electrons. The van der Waals surface area contributed by atoms with Gasteiger partial charge in [-0.2, -0.15) is 0 Å². The number of halogens is 1. The van der Waals surface area contributed by atoms with Crippen molar-refractivity contribution < 1.29 is 13.9 Å². The van der Waals surface area contributed by atoms with Crippen molar-refractivity contribution in [2.24, 2.45) is 11.5 Å². The van der Waals surface area contributed by atoms with Crippen LogP contribution in [0, 0.1) is 0 Å². The van der Waals surface area contributed by atoms with Gasteiger partial charge in [0.1, 0.15) is 12.4 Å². The zero-order valence-electron chi connectivity index (χ0n) is 8.65. The third-order valence-electron chi connectivity index (χ3n) is 1.96. The molecule has 0 unspecified atom stereocenters. The molecule has 0 aliphatic rings. The van der Waals surface area contributed by atoms with Crippen LogP contribution < -0.4 is 16.2 Å². The lowest BCUT2D eigenvalue weighted by molar-refractivity contribution is 0.1000. The molecule has 0 aliphatic heterocycles. The summed E-state index contributed by atoms with van der Waals surface area (Å²) in [5.74, 6) is -0.0883. The van der Waals surface area contributed by atoms with Crippen molar-refractivity contribution in [1.29, 1.82) is 0 Å². The highest BCUT2D eigenvalue weighted by molar-refractivity contribution is 5.93. The predicted octanol–water partition coefficient (Wildman–Crippen LogP) is 0.976. The van der Waals surface area contributed by atoms with E-state index in [1.807, 2.05) is 0 Å². The molecule has 0 spiro atoms. The highest BCUT2D eigenvalue weighted by Gasteiger charge is 2.02. The van der Waals surface area contributed by atoms with Gasteiger partial charge in [-0.25, -0.2) is 4.39 Å². The van der Waals surface area contributed by atoms with Gasteiger partial charge in [0, 0.05) is 17.7 Å². The number of carbonyl (C=O) groups is 1. The molecule has 0 atom stereocenters. The van der Waals surface area contributed by atoms with Gasteiger partial charge < -0.3 is 16.2 Å². The van der Waals surface area contributed by atoms with Crippen molar-refractivity contribution in [1.82, 2.24) is 0 Å². The Hall–Kier alpha value is -1.88. The summed E-state index contributed by atoms with van der Waals surface area (Å²) in [4.78, 5) is 10.9. The second-order valence-corrected chi connectivity index (χ2v) is 3.15. The zero-order chi connectivity index (χ0) is 12.0. The van der Waals surface area contributed by atoms with Gasteiger partial charge in [-0.1, -0.05) is 6.07 Å². The Morgan fingerprint density at radius 1 is 1.50 bits per heavy atom. The predicted molar refractivity (Wildman–Crippen MR) is 58.7 cm³/mol. The van der Waals surface area contributed by atoms with Gasteiger partial charge in [0.15, 0.2) is 0 Å². The maximum atomic E-state index is 12.2. The van der Waals surface area contributed by atoms with Crippen LogP contribution in [0.5, 0.6) is 5.75 Å². The summed E-state index contributed by atoms with van der Waals surface area (Å²) in [5.41, 5.74) is 11.0. The minimum Gasteiger partial charge on any atom is -0.489 e. The molecular formula is C11H13FN2O2. The van der Waals surface area contributed by atoms with E-state index < -0.39 is 5.91 Å². The third kappa shape index (κ3) is 3.36. The van der Waals surface area contributed by atoms with Gasteiger partial charge in [-0.05, 0) is 18.2 Å². The van der Waals surface area contributed by atoms with E-state index in [-0.39, 0.29) is 13.2 Å². The third-order valence-corrected chi connectivity index (χ3v) is 1.96. The van der Waals surface area contributed by atoms with Gasteiger partial charge in [0.05, 0.1) is 6.33 Å². The van der Waals surface area contributed by atoms with Crippen molar-refractivity contribution in [3.8, 4) is 5.75 Å². The van der Waals surface area contributed by atoms with Crippen LogP contribution in [-0.2, 0) is 0 Å². The number of ether oxygens (including phenoxy) is 1. The van der Waals surface area contributed by atoms with E-state index in [1.54, 1.807) is 18.2 Å². The van der Waals surface area contributed by atoms with E-state index in [0.717, 1.165) is 0 Å². The first-order valence-corrected chi connectivity index (χ1v) is 4.68. The van der Waals surface area contributed by atoms with Crippen LogP contribution in [0.2, 0.25) is 0 Å². The van der Waals surface area contributed by atoms with Crippen LogP contribution in [-0.4, -0.2) is 19.1 Å². The summed E-state index contributed by atoms with van der Waals surface area (Å²) >= 11 is 0. The van der Waals surface area contributed by atoms with Crippen molar-refractivity contribution in [3.05, 3.63) is 41.7 Å². The minimum atomic E-state index is -0.537. The fourth-order valence-corrected chi connectivity index (χ4v) is 1.05. The summed E-state index contributed by atoms with van der Waals surface area (Å²) < 4.78 is 17.4. The van der Waals surface area contributed by atoms with Gasteiger partial charge in [-0.15, -0.1) is 0 Å².